The van der Waals surface area contributed by atoms with E-state index in [2.05, 4.69) is 20.6 Å². The van der Waals surface area contributed by atoms with Gasteiger partial charge in [-0.3, -0.25) is 9.89 Å². The van der Waals surface area contributed by atoms with Crippen LogP contribution in [0.3, 0.4) is 0 Å². The van der Waals surface area contributed by atoms with E-state index in [-0.39, 0.29) is 18.5 Å². The lowest BCUT2D eigenvalue weighted by atomic mass is 10.2. The average Bonchev–Trinajstić information content (AvgIpc) is 3.18. The van der Waals surface area contributed by atoms with Crippen molar-refractivity contribution in [2.45, 2.75) is 33.4 Å². The Hall–Kier alpha value is -2.71. The van der Waals surface area contributed by atoms with E-state index in [0.717, 1.165) is 11.4 Å². The topological polar surface area (TPSA) is 80.5 Å². The number of halogens is 1. The van der Waals surface area contributed by atoms with Gasteiger partial charge in [0, 0.05) is 17.7 Å². The summed E-state index contributed by atoms with van der Waals surface area (Å²) in [7, 11) is 0. The van der Waals surface area contributed by atoms with E-state index < -0.39 is 0 Å². The number of para-hydroxylation sites is 1. The van der Waals surface area contributed by atoms with Crippen LogP contribution in [0.25, 0.3) is 11.8 Å². The number of nitrogens with zero attached hydrogens (tertiary/aromatic N) is 4. The molecule has 0 fully saturated rings. The fraction of sp³-hybridized carbons (Fsp3) is 0.263. The van der Waals surface area contributed by atoms with Crippen LogP contribution in [0.5, 0.6) is 0 Å². The third kappa shape index (κ3) is 4.23. The van der Waals surface area contributed by atoms with Crippen molar-refractivity contribution < 1.29 is 4.79 Å². The maximum absolute atomic E-state index is 12.2. The van der Waals surface area contributed by atoms with E-state index >= 15 is 0 Å². The van der Waals surface area contributed by atoms with Crippen molar-refractivity contribution in [1.82, 2.24) is 29.9 Å². The Kier molecular flexibility index (Phi) is 6.11. The van der Waals surface area contributed by atoms with Gasteiger partial charge in [0.05, 0.1) is 17.9 Å². The summed E-state index contributed by atoms with van der Waals surface area (Å²) in [5, 5.41) is 14.6. The summed E-state index contributed by atoms with van der Waals surface area (Å²) in [5.74, 6) is 0.417. The summed E-state index contributed by atoms with van der Waals surface area (Å²) < 4.78 is 4.05. The van der Waals surface area contributed by atoms with Gasteiger partial charge in [-0.05, 0) is 51.2 Å². The molecule has 0 saturated carbocycles. The fourth-order valence-electron chi connectivity index (χ4n) is 2.82. The maximum atomic E-state index is 12.2. The highest BCUT2D eigenvalue weighted by atomic mass is 35.5. The van der Waals surface area contributed by atoms with Crippen LogP contribution in [-0.2, 0) is 11.3 Å². The largest absolute Gasteiger partial charge is 0.345 e. The van der Waals surface area contributed by atoms with Crippen molar-refractivity contribution in [2.75, 3.05) is 0 Å². The van der Waals surface area contributed by atoms with Gasteiger partial charge < -0.3 is 9.88 Å². The Morgan fingerprint density at radius 2 is 2.07 bits per heavy atom. The van der Waals surface area contributed by atoms with E-state index in [1.807, 2.05) is 55.7 Å². The summed E-state index contributed by atoms with van der Waals surface area (Å²) in [6.45, 7) is 6.13. The molecule has 1 amide bonds. The molecule has 0 aliphatic heterocycles. The Labute approximate surface area is 173 Å². The molecule has 2 N–H and O–H groups in total. The molecule has 3 aromatic rings. The van der Waals surface area contributed by atoms with Gasteiger partial charge in [-0.15, -0.1) is 0 Å². The molecule has 1 aromatic carbocycles. The van der Waals surface area contributed by atoms with E-state index in [1.54, 1.807) is 10.8 Å². The molecule has 146 valence electrons. The zero-order chi connectivity index (χ0) is 20.3. The number of amides is 1. The number of hydrogen-bond donors (Lipinski definition) is 2. The van der Waals surface area contributed by atoms with Crippen LogP contribution in [-0.4, -0.2) is 30.5 Å². The van der Waals surface area contributed by atoms with Crippen LogP contribution in [0.2, 0.25) is 5.15 Å². The van der Waals surface area contributed by atoms with E-state index in [1.165, 1.54) is 6.08 Å². The molecule has 28 heavy (non-hydrogen) atoms. The monoisotopic (exact) mass is 416 g/mol. The van der Waals surface area contributed by atoms with Gasteiger partial charge in [0.25, 0.3) is 0 Å². The first kappa shape index (κ1) is 20.0. The van der Waals surface area contributed by atoms with Gasteiger partial charge in [-0.2, -0.15) is 10.2 Å². The highest BCUT2D eigenvalue weighted by molar-refractivity contribution is 7.71. The second-order valence-corrected chi connectivity index (χ2v) is 7.24. The van der Waals surface area contributed by atoms with Gasteiger partial charge >= 0.3 is 0 Å². The normalized spacial score (nSPS) is 11.5. The van der Waals surface area contributed by atoms with Crippen LogP contribution < -0.4 is 5.32 Å². The molecule has 0 spiro atoms. The quantitative estimate of drug-likeness (QED) is 0.470. The SMILES string of the molecule is Cc1nn(-c2ccccc2)c(Cl)c1C=CC(=O)NCc1n[nH]c(=S)n1C(C)C. The lowest BCUT2D eigenvalue weighted by molar-refractivity contribution is -0.116. The number of aromatic nitrogens is 5. The molecule has 0 atom stereocenters. The predicted molar refractivity (Wildman–Crippen MR) is 112 cm³/mol. The fourth-order valence-corrected chi connectivity index (χ4v) is 3.52. The van der Waals surface area contributed by atoms with Gasteiger partial charge in [-0.25, -0.2) is 4.68 Å². The van der Waals surface area contributed by atoms with Crippen LogP contribution in [0.4, 0.5) is 0 Å². The Balaban J connectivity index is 1.72. The standard InChI is InChI=1S/C19H21ClN6OS/c1-12(2)25-16(22-23-19(25)28)11-21-17(27)10-9-15-13(3)24-26(18(15)20)14-7-5-4-6-8-14/h4-10,12H,11H2,1-3H3,(H,21,27)(H,23,28). The highest BCUT2D eigenvalue weighted by Gasteiger charge is 2.13. The number of hydrogen-bond acceptors (Lipinski definition) is 4. The number of aromatic amines is 1. The lowest BCUT2D eigenvalue weighted by Crippen LogP contribution is -2.23. The molecule has 0 bridgehead atoms. The molecule has 0 saturated heterocycles. The highest BCUT2D eigenvalue weighted by Crippen LogP contribution is 2.24. The minimum absolute atomic E-state index is 0.152. The van der Waals surface area contributed by atoms with Gasteiger partial charge in [-0.1, -0.05) is 29.8 Å². The van der Waals surface area contributed by atoms with Crippen molar-refractivity contribution in [3.05, 3.63) is 63.4 Å². The van der Waals surface area contributed by atoms with Crippen molar-refractivity contribution in [3.8, 4) is 5.69 Å². The molecule has 2 aromatic heterocycles. The Bertz CT molecular complexity index is 1060. The lowest BCUT2D eigenvalue weighted by Gasteiger charge is -2.10. The van der Waals surface area contributed by atoms with E-state index in [9.17, 15) is 4.79 Å². The van der Waals surface area contributed by atoms with Crippen molar-refractivity contribution in [1.29, 1.82) is 0 Å². The van der Waals surface area contributed by atoms with Gasteiger partial charge in [0.15, 0.2) is 10.6 Å². The minimum Gasteiger partial charge on any atom is -0.345 e. The second kappa shape index (κ2) is 8.53. The predicted octanol–water partition coefficient (Wildman–Crippen LogP) is 4.00. The van der Waals surface area contributed by atoms with Crippen molar-refractivity contribution in [2.24, 2.45) is 0 Å². The number of benzene rings is 1. The summed E-state index contributed by atoms with van der Waals surface area (Å²) >= 11 is 11.7. The smallest absolute Gasteiger partial charge is 0.244 e. The molecule has 0 radical (unpaired) electrons. The summed E-state index contributed by atoms with van der Waals surface area (Å²) in [6.07, 6.45) is 3.10. The molecule has 2 heterocycles. The molecule has 7 nitrogen and oxygen atoms in total. The number of aryl methyl sites for hydroxylation is 1. The first-order valence-corrected chi connectivity index (χ1v) is 9.59. The number of carbonyl (C=O) groups excluding carboxylic acids is 1. The summed E-state index contributed by atoms with van der Waals surface area (Å²) in [4.78, 5) is 12.2. The third-order valence-electron chi connectivity index (χ3n) is 4.16. The number of carbonyl (C=O) groups is 1. The Morgan fingerprint density at radius 3 is 2.75 bits per heavy atom. The molecular formula is C19H21ClN6OS. The molecule has 0 unspecified atom stereocenters. The van der Waals surface area contributed by atoms with E-state index in [4.69, 9.17) is 23.8 Å². The zero-order valence-electron chi connectivity index (χ0n) is 15.8. The van der Waals surface area contributed by atoms with Crippen LogP contribution >= 0.6 is 23.8 Å². The number of nitrogens with one attached hydrogen (secondary N) is 2. The number of rotatable bonds is 6. The van der Waals surface area contributed by atoms with Crippen LogP contribution in [0.15, 0.2) is 36.4 Å². The zero-order valence-corrected chi connectivity index (χ0v) is 17.4. The van der Waals surface area contributed by atoms with Crippen molar-refractivity contribution >= 4 is 35.8 Å². The maximum Gasteiger partial charge on any atom is 0.244 e. The summed E-state index contributed by atoms with van der Waals surface area (Å²) in [5.41, 5.74) is 2.29. The number of H-pyrrole nitrogens is 1. The first-order valence-electron chi connectivity index (χ1n) is 8.80. The molecule has 3 rings (SSSR count). The molecule has 0 aliphatic rings. The van der Waals surface area contributed by atoms with E-state index in [0.29, 0.717) is 21.3 Å². The second-order valence-electron chi connectivity index (χ2n) is 6.50. The van der Waals surface area contributed by atoms with Crippen LogP contribution in [0, 0.1) is 11.7 Å². The first-order chi connectivity index (χ1) is 13.4. The summed E-state index contributed by atoms with van der Waals surface area (Å²) in [6, 6.07) is 9.74. The molecule has 0 aliphatic carbocycles. The Morgan fingerprint density at radius 1 is 1.36 bits per heavy atom. The van der Waals surface area contributed by atoms with Crippen molar-refractivity contribution in [3.63, 3.8) is 0 Å². The third-order valence-corrected chi connectivity index (χ3v) is 4.82. The van der Waals surface area contributed by atoms with Gasteiger partial charge in [0.2, 0.25) is 5.91 Å². The average molecular weight is 417 g/mol. The molecular weight excluding hydrogens is 396 g/mol. The molecule has 9 heteroatoms. The van der Waals surface area contributed by atoms with Gasteiger partial charge in [0.1, 0.15) is 5.15 Å². The van der Waals surface area contributed by atoms with Crippen LogP contribution in [0.1, 0.15) is 37.0 Å². The minimum atomic E-state index is -0.257.